The zero-order valence-corrected chi connectivity index (χ0v) is 12.0. The van der Waals surface area contributed by atoms with Gasteiger partial charge < -0.3 is 5.11 Å². The van der Waals surface area contributed by atoms with Crippen LogP contribution in [0, 0.1) is 18.8 Å². The Hall–Kier alpha value is -1.64. The van der Waals surface area contributed by atoms with Crippen LogP contribution in [0.2, 0.25) is 0 Å². The van der Waals surface area contributed by atoms with Gasteiger partial charge in [0.1, 0.15) is 5.78 Å². The van der Waals surface area contributed by atoms with E-state index in [0.29, 0.717) is 6.42 Å². The van der Waals surface area contributed by atoms with Crippen molar-refractivity contribution in [3.8, 4) is 0 Å². The van der Waals surface area contributed by atoms with E-state index >= 15 is 0 Å². The van der Waals surface area contributed by atoms with E-state index in [1.54, 1.807) is 0 Å². The van der Waals surface area contributed by atoms with Gasteiger partial charge in [-0.05, 0) is 31.7 Å². The molecule has 1 unspecified atom stereocenters. The fourth-order valence-corrected chi connectivity index (χ4v) is 2.91. The van der Waals surface area contributed by atoms with E-state index in [1.807, 2.05) is 31.2 Å². The summed E-state index contributed by atoms with van der Waals surface area (Å²) < 4.78 is 0. The second kappa shape index (κ2) is 6.69. The van der Waals surface area contributed by atoms with E-state index in [2.05, 4.69) is 0 Å². The Morgan fingerprint density at radius 1 is 1.20 bits per heavy atom. The third kappa shape index (κ3) is 3.92. The first-order chi connectivity index (χ1) is 9.56. The number of carbonyl (C=O) groups is 2. The van der Waals surface area contributed by atoms with Crippen molar-refractivity contribution >= 4 is 11.8 Å². The van der Waals surface area contributed by atoms with Gasteiger partial charge in [-0.15, -0.1) is 0 Å². The molecule has 3 nitrogen and oxygen atoms in total. The molecule has 1 aliphatic carbocycles. The maximum atomic E-state index is 12.1. The molecule has 0 bridgehead atoms. The van der Waals surface area contributed by atoms with Gasteiger partial charge in [0.2, 0.25) is 0 Å². The minimum absolute atomic E-state index is 0.106. The summed E-state index contributed by atoms with van der Waals surface area (Å²) in [6, 6.07) is 7.86. The monoisotopic (exact) mass is 274 g/mol. The van der Waals surface area contributed by atoms with Crippen LogP contribution in [-0.4, -0.2) is 16.9 Å². The molecule has 2 rings (SSSR count). The number of aliphatic carboxylic acids is 1. The normalized spacial score (nSPS) is 17.1. The van der Waals surface area contributed by atoms with Gasteiger partial charge >= 0.3 is 5.97 Å². The number of benzene rings is 1. The number of Topliss-reactive ketones (excluding diaryl/α,β-unsaturated/α-hetero) is 1. The number of rotatable bonds is 6. The Labute approximate surface area is 120 Å². The summed E-state index contributed by atoms with van der Waals surface area (Å²) in [4.78, 5) is 23.5. The van der Waals surface area contributed by atoms with Gasteiger partial charge in [-0.2, -0.15) is 0 Å². The zero-order valence-electron chi connectivity index (χ0n) is 12.0. The molecule has 1 aromatic carbocycles. The molecule has 0 aliphatic heterocycles. The maximum Gasteiger partial charge on any atom is 0.307 e. The van der Waals surface area contributed by atoms with E-state index in [-0.39, 0.29) is 18.1 Å². The first kappa shape index (κ1) is 14.8. The SMILES string of the molecule is Cc1ccc(CC(CC(=O)C2CCCC2)C(=O)O)cc1. The highest BCUT2D eigenvalue weighted by atomic mass is 16.4. The topological polar surface area (TPSA) is 54.4 Å². The lowest BCUT2D eigenvalue weighted by atomic mass is 9.89. The predicted octanol–water partition coefficient (Wildman–Crippen LogP) is 3.39. The van der Waals surface area contributed by atoms with Crippen molar-refractivity contribution in [1.82, 2.24) is 0 Å². The largest absolute Gasteiger partial charge is 0.481 e. The second-order valence-corrected chi connectivity index (χ2v) is 5.88. The van der Waals surface area contributed by atoms with Crippen LogP contribution in [0.3, 0.4) is 0 Å². The molecule has 1 fully saturated rings. The van der Waals surface area contributed by atoms with Crippen LogP contribution >= 0.6 is 0 Å². The molecule has 0 heterocycles. The summed E-state index contributed by atoms with van der Waals surface area (Å²) in [6.45, 7) is 2.00. The first-order valence-corrected chi connectivity index (χ1v) is 7.37. The Balaban J connectivity index is 1.98. The second-order valence-electron chi connectivity index (χ2n) is 5.88. The number of ketones is 1. The van der Waals surface area contributed by atoms with E-state index in [0.717, 1.165) is 36.8 Å². The van der Waals surface area contributed by atoms with Crippen molar-refractivity contribution < 1.29 is 14.7 Å². The fraction of sp³-hybridized carbons (Fsp3) is 0.529. The van der Waals surface area contributed by atoms with Crippen molar-refractivity contribution in [2.24, 2.45) is 11.8 Å². The zero-order chi connectivity index (χ0) is 14.5. The van der Waals surface area contributed by atoms with Crippen molar-refractivity contribution in [3.63, 3.8) is 0 Å². The smallest absolute Gasteiger partial charge is 0.307 e. The lowest BCUT2D eigenvalue weighted by molar-refractivity contribution is -0.144. The summed E-state index contributed by atoms with van der Waals surface area (Å²) >= 11 is 0. The van der Waals surface area contributed by atoms with Crippen LogP contribution in [-0.2, 0) is 16.0 Å². The van der Waals surface area contributed by atoms with Gasteiger partial charge in [0.25, 0.3) is 0 Å². The highest BCUT2D eigenvalue weighted by Gasteiger charge is 2.28. The Kier molecular flexibility index (Phi) is 4.94. The molecule has 1 saturated carbocycles. The molecule has 0 spiro atoms. The third-order valence-corrected chi connectivity index (χ3v) is 4.21. The van der Waals surface area contributed by atoms with Crippen molar-refractivity contribution in [2.45, 2.75) is 45.4 Å². The maximum absolute atomic E-state index is 12.1. The van der Waals surface area contributed by atoms with Crippen LogP contribution < -0.4 is 0 Å². The van der Waals surface area contributed by atoms with Gasteiger partial charge in [0.05, 0.1) is 5.92 Å². The number of hydrogen-bond donors (Lipinski definition) is 1. The van der Waals surface area contributed by atoms with Crippen LogP contribution in [0.15, 0.2) is 24.3 Å². The average molecular weight is 274 g/mol. The summed E-state index contributed by atoms with van der Waals surface area (Å²) in [5.41, 5.74) is 2.14. The van der Waals surface area contributed by atoms with Gasteiger partial charge in [-0.25, -0.2) is 0 Å². The number of carbonyl (C=O) groups excluding carboxylic acids is 1. The Bertz CT molecular complexity index is 470. The first-order valence-electron chi connectivity index (χ1n) is 7.37. The van der Waals surface area contributed by atoms with Crippen LogP contribution in [0.25, 0.3) is 0 Å². The highest BCUT2D eigenvalue weighted by Crippen LogP contribution is 2.28. The van der Waals surface area contributed by atoms with E-state index < -0.39 is 11.9 Å². The minimum atomic E-state index is -0.864. The van der Waals surface area contributed by atoms with Crippen molar-refractivity contribution in [2.75, 3.05) is 0 Å². The number of aryl methyl sites for hydroxylation is 1. The number of hydrogen-bond acceptors (Lipinski definition) is 2. The van der Waals surface area contributed by atoms with Gasteiger partial charge in [-0.1, -0.05) is 42.7 Å². The molecule has 1 aromatic rings. The van der Waals surface area contributed by atoms with E-state index in [4.69, 9.17) is 0 Å². The van der Waals surface area contributed by atoms with E-state index in [1.165, 1.54) is 0 Å². The molecule has 1 aliphatic rings. The summed E-state index contributed by atoms with van der Waals surface area (Å²) in [5, 5.41) is 9.33. The van der Waals surface area contributed by atoms with Gasteiger partial charge in [-0.3, -0.25) is 9.59 Å². The van der Waals surface area contributed by atoms with Gasteiger partial charge in [0, 0.05) is 12.3 Å². The molecule has 1 N–H and O–H groups in total. The average Bonchev–Trinajstić information content (AvgIpc) is 2.94. The number of carboxylic acids is 1. The highest BCUT2D eigenvalue weighted by molar-refractivity contribution is 5.85. The minimum Gasteiger partial charge on any atom is -0.481 e. The lowest BCUT2D eigenvalue weighted by Crippen LogP contribution is -2.23. The lowest BCUT2D eigenvalue weighted by Gasteiger charge is -2.14. The molecule has 108 valence electrons. The fourth-order valence-electron chi connectivity index (χ4n) is 2.91. The molecule has 20 heavy (non-hydrogen) atoms. The molecular weight excluding hydrogens is 252 g/mol. The Morgan fingerprint density at radius 3 is 2.35 bits per heavy atom. The summed E-state index contributed by atoms with van der Waals surface area (Å²) in [6.07, 6.45) is 4.70. The quantitative estimate of drug-likeness (QED) is 0.865. The Morgan fingerprint density at radius 2 is 1.80 bits per heavy atom. The van der Waals surface area contributed by atoms with Gasteiger partial charge in [0.15, 0.2) is 0 Å². The number of carboxylic acid groups (broad SMARTS) is 1. The predicted molar refractivity (Wildman–Crippen MR) is 77.6 cm³/mol. The molecule has 0 saturated heterocycles. The van der Waals surface area contributed by atoms with Crippen molar-refractivity contribution in [1.29, 1.82) is 0 Å². The third-order valence-electron chi connectivity index (χ3n) is 4.21. The van der Waals surface area contributed by atoms with Crippen molar-refractivity contribution in [3.05, 3.63) is 35.4 Å². The molecular formula is C17H22O3. The molecule has 0 aromatic heterocycles. The molecule has 0 radical (unpaired) electrons. The van der Waals surface area contributed by atoms with E-state index in [9.17, 15) is 14.7 Å². The molecule has 0 amide bonds. The molecule has 1 atom stereocenters. The standard InChI is InChI=1S/C17H22O3/c1-12-6-8-13(9-7-12)10-15(17(19)20)11-16(18)14-4-2-3-5-14/h6-9,14-15H,2-5,10-11H2,1H3,(H,19,20). The van der Waals surface area contributed by atoms with Crippen LogP contribution in [0.1, 0.15) is 43.2 Å². The summed E-state index contributed by atoms with van der Waals surface area (Å²) in [5.74, 6) is -1.21. The summed E-state index contributed by atoms with van der Waals surface area (Å²) in [7, 11) is 0. The van der Waals surface area contributed by atoms with Crippen LogP contribution in [0.4, 0.5) is 0 Å². The van der Waals surface area contributed by atoms with Crippen LogP contribution in [0.5, 0.6) is 0 Å². The molecule has 3 heteroatoms.